The van der Waals surface area contributed by atoms with E-state index in [1.165, 1.54) is 5.56 Å². The number of esters is 1. The van der Waals surface area contributed by atoms with Crippen LogP contribution < -0.4 is 0 Å². The molecule has 1 atom stereocenters. The number of rotatable bonds is 5. The average molecular weight is 282 g/mol. The van der Waals surface area contributed by atoms with Crippen LogP contribution in [0, 0.1) is 0 Å². The van der Waals surface area contributed by atoms with Gasteiger partial charge in [-0.25, -0.2) is 4.79 Å². The molecule has 0 bridgehead atoms. The molecule has 0 saturated carbocycles. The normalized spacial score (nSPS) is 12.0. The van der Waals surface area contributed by atoms with Gasteiger partial charge in [0, 0.05) is 0 Å². The molecule has 0 saturated heterocycles. The van der Waals surface area contributed by atoms with Crippen LogP contribution in [0.1, 0.15) is 43.1 Å². The first kappa shape index (κ1) is 15.3. The Morgan fingerprint density at radius 2 is 1.48 bits per heavy atom. The van der Waals surface area contributed by atoms with Crippen LogP contribution in [-0.4, -0.2) is 12.1 Å². The van der Waals surface area contributed by atoms with Crippen LogP contribution in [0.3, 0.4) is 0 Å². The highest BCUT2D eigenvalue weighted by molar-refractivity contribution is 5.90. The predicted octanol–water partition coefficient (Wildman–Crippen LogP) is 4.87. The van der Waals surface area contributed by atoms with Crippen molar-refractivity contribution in [1.82, 2.24) is 0 Å². The monoisotopic (exact) mass is 282 g/mol. The molecule has 1 unspecified atom stereocenters. The molecule has 0 amide bonds. The molecular weight excluding hydrogens is 260 g/mol. The second-order valence-corrected chi connectivity index (χ2v) is 5.25. The molecule has 0 spiro atoms. The van der Waals surface area contributed by atoms with E-state index < -0.39 is 0 Å². The van der Waals surface area contributed by atoms with Crippen molar-refractivity contribution in [2.24, 2.45) is 0 Å². The highest BCUT2D eigenvalue weighted by Gasteiger charge is 2.10. The van der Waals surface area contributed by atoms with Crippen LogP contribution >= 0.6 is 0 Å². The van der Waals surface area contributed by atoms with E-state index in [0.717, 1.165) is 24.0 Å². The molecule has 0 fully saturated rings. The summed E-state index contributed by atoms with van der Waals surface area (Å²) in [6, 6.07) is 16.1. The fourth-order valence-electron chi connectivity index (χ4n) is 2.07. The third-order valence-corrected chi connectivity index (χ3v) is 3.70. The molecule has 0 aliphatic rings. The highest BCUT2D eigenvalue weighted by atomic mass is 16.5. The number of ether oxygens (including phenoxy) is 1. The summed E-state index contributed by atoms with van der Waals surface area (Å²) in [4.78, 5) is 11.9. The molecule has 0 radical (unpaired) electrons. The van der Waals surface area contributed by atoms with Crippen LogP contribution in [0.5, 0.6) is 0 Å². The van der Waals surface area contributed by atoms with Crippen molar-refractivity contribution in [1.29, 1.82) is 0 Å². The molecule has 0 aromatic heterocycles. The standard InChI is InChI=1S/C19H22O2/c1-4-14(3)21-19(20)18-12-10-17(11-13-18)16-8-6-15(5-2)7-9-16/h6-14H,4-5H2,1-3H3. The summed E-state index contributed by atoms with van der Waals surface area (Å²) in [6.07, 6.45) is 1.83. The van der Waals surface area contributed by atoms with Crippen LogP contribution in [0.15, 0.2) is 48.5 Å². The van der Waals surface area contributed by atoms with Crippen molar-refractivity contribution in [2.45, 2.75) is 39.7 Å². The van der Waals surface area contributed by atoms with Crippen molar-refractivity contribution in [3.05, 3.63) is 59.7 Å². The van der Waals surface area contributed by atoms with Gasteiger partial charge in [-0.1, -0.05) is 50.2 Å². The molecule has 0 N–H and O–H groups in total. The number of carbonyl (C=O) groups is 1. The van der Waals surface area contributed by atoms with Crippen molar-refractivity contribution in [2.75, 3.05) is 0 Å². The van der Waals surface area contributed by atoms with Gasteiger partial charge in [-0.05, 0) is 48.6 Å². The first-order chi connectivity index (χ1) is 10.1. The van der Waals surface area contributed by atoms with Gasteiger partial charge in [-0.15, -0.1) is 0 Å². The molecule has 2 heteroatoms. The summed E-state index contributed by atoms with van der Waals surface area (Å²) in [6.45, 7) is 6.05. The first-order valence-corrected chi connectivity index (χ1v) is 7.54. The van der Waals surface area contributed by atoms with Gasteiger partial charge in [0.2, 0.25) is 0 Å². The Labute approximate surface area is 126 Å². The zero-order valence-electron chi connectivity index (χ0n) is 12.9. The van der Waals surface area contributed by atoms with E-state index in [1.54, 1.807) is 0 Å². The number of hydrogen-bond donors (Lipinski definition) is 0. The Hall–Kier alpha value is -2.09. The average Bonchev–Trinajstić information content (AvgIpc) is 2.55. The van der Waals surface area contributed by atoms with Gasteiger partial charge >= 0.3 is 5.97 Å². The van der Waals surface area contributed by atoms with E-state index in [1.807, 2.05) is 38.1 Å². The van der Waals surface area contributed by atoms with Gasteiger partial charge in [0.05, 0.1) is 11.7 Å². The Balaban J connectivity index is 2.12. The zero-order chi connectivity index (χ0) is 15.2. The highest BCUT2D eigenvalue weighted by Crippen LogP contribution is 2.21. The first-order valence-electron chi connectivity index (χ1n) is 7.54. The Morgan fingerprint density at radius 3 is 1.95 bits per heavy atom. The van der Waals surface area contributed by atoms with Gasteiger partial charge in [-0.2, -0.15) is 0 Å². The smallest absolute Gasteiger partial charge is 0.338 e. The lowest BCUT2D eigenvalue weighted by molar-refractivity contribution is 0.0334. The maximum absolute atomic E-state index is 11.9. The quantitative estimate of drug-likeness (QED) is 0.731. The summed E-state index contributed by atoms with van der Waals surface area (Å²) in [7, 11) is 0. The molecule has 0 aliphatic carbocycles. The molecular formula is C19H22O2. The minimum Gasteiger partial charge on any atom is -0.459 e. The molecule has 0 heterocycles. The summed E-state index contributed by atoms with van der Waals surface area (Å²) in [5.74, 6) is -0.253. The van der Waals surface area contributed by atoms with Crippen molar-refractivity contribution in [3.8, 4) is 11.1 Å². The van der Waals surface area contributed by atoms with E-state index in [2.05, 4.69) is 31.2 Å². The van der Waals surface area contributed by atoms with Crippen molar-refractivity contribution < 1.29 is 9.53 Å². The number of benzene rings is 2. The Kier molecular flexibility index (Phi) is 5.15. The fourth-order valence-corrected chi connectivity index (χ4v) is 2.07. The van der Waals surface area contributed by atoms with Crippen molar-refractivity contribution in [3.63, 3.8) is 0 Å². The second-order valence-electron chi connectivity index (χ2n) is 5.25. The van der Waals surface area contributed by atoms with Gasteiger partial charge in [-0.3, -0.25) is 0 Å². The van der Waals surface area contributed by atoms with Gasteiger partial charge in [0.1, 0.15) is 0 Å². The molecule has 0 aliphatic heterocycles. The molecule has 110 valence electrons. The van der Waals surface area contributed by atoms with E-state index in [9.17, 15) is 4.79 Å². The lowest BCUT2D eigenvalue weighted by Gasteiger charge is -2.11. The van der Waals surface area contributed by atoms with Crippen LogP contribution in [0.2, 0.25) is 0 Å². The predicted molar refractivity (Wildman–Crippen MR) is 86.4 cm³/mol. The van der Waals surface area contributed by atoms with Crippen LogP contribution in [0.4, 0.5) is 0 Å². The summed E-state index contributed by atoms with van der Waals surface area (Å²) >= 11 is 0. The lowest BCUT2D eigenvalue weighted by atomic mass is 10.0. The lowest BCUT2D eigenvalue weighted by Crippen LogP contribution is -2.13. The third-order valence-electron chi connectivity index (χ3n) is 3.70. The van der Waals surface area contributed by atoms with Crippen LogP contribution in [0.25, 0.3) is 11.1 Å². The molecule has 2 aromatic carbocycles. The molecule has 2 rings (SSSR count). The summed E-state index contributed by atoms with van der Waals surface area (Å²) in [5, 5.41) is 0. The van der Waals surface area contributed by atoms with E-state index in [4.69, 9.17) is 4.74 Å². The summed E-state index contributed by atoms with van der Waals surface area (Å²) in [5.41, 5.74) is 4.20. The molecule has 2 nitrogen and oxygen atoms in total. The number of aryl methyl sites for hydroxylation is 1. The van der Waals surface area contributed by atoms with Gasteiger partial charge in [0.25, 0.3) is 0 Å². The number of hydrogen-bond acceptors (Lipinski definition) is 2. The van der Waals surface area contributed by atoms with E-state index >= 15 is 0 Å². The maximum atomic E-state index is 11.9. The van der Waals surface area contributed by atoms with E-state index in [-0.39, 0.29) is 12.1 Å². The SMILES string of the molecule is CCc1ccc(-c2ccc(C(=O)OC(C)CC)cc2)cc1. The topological polar surface area (TPSA) is 26.3 Å². The van der Waals surface area contributed by atoms with Gasteiger partial charge in [0.15, 0.2) is 0 Å². The number of carbonyl (C=O) groups excluding carboxylic acids is 1. The minimum atomic E-state index is -0.253. The second kappa shape index (κ2) is 7.07. The Morgan fingerprint density at radius 1 is 0.952 bits per heavy atom. The third kappa shape index (κ3) is 3.94. The molecule has 21 heavy (non-hydrogen) atoms. The Bertz CT molecular complexity index is 582. The fraction of sp³-hybridized carbons (Fsp3) is 0.316. The van der Waals surface area contributed by atoms with Gasteiger partial charge < -0.3 is 4.74 Å². The molecule has 2 aromatic rings. The maximum Gasteiger partial charge on any atom is 0.338 e. The van der Waals surface area contributed by atoms with E-state index in [0.29, 0.717) is 5.56 Å². The zero-order valence-corrected chi connectivity index (χ0v) is 12.9. The largest absolute Gasteiger partial charge is 0.459 e. The van der Waals surface area contributed by atoms with Crippen molar-refractivity contribution >= 4 is 5.97 Å². The minimum absolute atomic E-state index is 0.0428. The summed E-state index contributed by atoms with van der Waals surface area (Å²) < 4.78 is 5.32. The van der Waals surface area contributed by atoms with Crippen LogP contribution in [-0.2, 0) is 11.2 Å².